The lowest BCUT2D eigenvalue weighted by molar-refractivity contribution is 0.147. The molecule has 0 aromatic carbocycles. The Labute approximate surface area is 92.1 Å². The molecule has 84 valence electrons. The Morgan fingerprint density at radius 2 is 2.00 bits per heavy atom. The Bertz CT molecular complexity index is 308. The molecule has 0 amide bonds. The van der Waals surface area contributed by atoms with Gasteiger partial charge in [-0.2, -0.15) is 5.10 Å². The fourth-order valence-corrected chi connectivity index (χ4v) is 2.30. The SMILES string of the molecule is Cc1cnn(C2CCN(C(C)C)CC2)c1. The van der Waals surface area contributed by atoms with Crippen molar-refractivity contribution < 1.29 is 0 Å². The van der Waals surface area contributed by atoms with Crippen LogP contribution in [0.5, 0.6) is 0 Å². The zero-order valence-corrected chi connectivity index (χ0v) is 9.98. The van der Waals surface area contributed by atoms with Crippen LogP contribution >= 0.6 is 0 Å². The molecule has 1 aliphatic heterocycles. The highest BCUT2D eigenvalue weighted by Crippen LogP contribution is 2.22. The summed E-state index contributed by atoms with van der Waals surface area (Å²) in [6.07, 6.45) is 6.59. The maximum absolute atomic E-state index is 4.41. The third kappa shape index (κ3) is 2.40. The van der Waals surface area contributed by atoms with E-state index in [4.69, 9.17) is 0 Å². The van der Waals surface area contributed by atoms with Crippen molar-refractivity contribution >= 4 is 0 Å². The van der Waals surface area contributed by atoms with Crippen molar-refractivity contribution in [1.82, 2.24) is 14.7 Å². The van der Waals surface area contributed by atoms with E-state index in [0.717, 1.165) is 0 Å². The molecule has 1 saturated heterocycles. The quantitative estimate of drug-likeness (QED) is 0.741. The van der Waals surface area contributed by atoms with Gasteiger partial charge in [-0.15, -0.1) is 0 Å². The van der Waals surface area contributed by atoms with Crippen molar-refractivity contribution in [3.63, 3.8) is 0 Å². The van der Waals surface area contributed by atoms with E-state index in [9.17, 15) is 0 Å². The Morgan fingerprint density at radius 3 is 2.47 bits per heavy atom. The Hall–Kier alpha value is -0.830. The van der Waals surface area contributed by atoms with Crippen LogP contribution in [-0.4, -0.2) is 33.8 Å². The third-order valence-corrected chi connectivity index (χ3v) is 3.33. The van der Waals surface area contributed by atoms with E-state index in [0.29, 0.717) is 12.1 Å². The molecule has 0 saturated carbocycles. The van der Waals surface area contributed by atoms with Gasteiger partial charge in [0.25, 0.3) is 0 Å². The molecule has 1 aromatic rings. The molecule has 15 heavy (non-hydrogen) atoms. The standard InChI is InChI=1S/C12H21N3/c1-10(2)14-6-4-12(5-7-14)15-9-11(3)8-13-15/h8-10,12H,4-7H2,1-3H3. The van der Waals surface area contributed by atoms with Gasteiger partial charge in [-0.25, -0.2) is 0 Å². The number of rotatable bonds is 2. The number of hydrogen-bond donors (Lipinski definition) is 0. The third-order valence-electron chi connectivity index (χ3n) is 3.33. The maximum atomic E-state index is 4.41. The predicted octanol–water partition coefficient (Wildman–Crippen LogP) is 2.24. The molecule has 1 aliphatic rings. The van der Waals surface area contributed by atoms with Gasteiger partial charge in [0.15, 0.2) is 0 Å². The van der Waals surface area contributed by atoms with Gasteiger partial charge in [0.05, 0.1) is 12.2 Å². The lowest BCUT2D eigenvalue weighted by atomic mass is 10.0. The van der Waals surface area contributed by atoms with E-state index < -0.39 is 0 Å². The number of likely N-dealkylation sites (tertiary alicyclic amines) is 1. The molecule has 0 spiro atoms. The Kier molecular flexibility index (Phi) is 3.10. The summed E-state index contributed by atoms with van der Waals surface area (Å²) in [7, 11) is 0. The van der Waals surface area contributed by atoms with E-state index >= 15 is 0 Å². The molecule has 3 heteroatoms. The molecule has 2 heterocycles. The molecule has 0 bridgehead atoms. The van der Waals surface area contributed by atoms with Crippen LogP contribution in [0.3, 0.4) is 0 Å². The van der Waals surface area contributed by atoms with E-state index in [1.807, 2.05) is 6.20 Å². The highest BCUT2D eigenvalue weighted by Gasteiger charge is 2.22. The summed E-state index contributed by atoms with van der Waals surface area (Å²) in [6.45, 7) is 9.08. The Morgan fingerprint density at radius 1 is 1.33 bits per heavy atom. The fraction of sp³-hybridized carbons (Fsp3) is 0.750. The second kappa shape index (κ2) is 4.35. The molecular formula is C12H21N3. The number of hydrogen-bond acceptors (Lipinski definition) is 2. The van der Waals surface area contributed by atoms with Gasteiger partial charge in [0.2, 0.25) is 0 Å². The van der Waals surface area contributed by atoms with Crippen molar-refractivity contribution in [2.45, 2.75) is 45.7 Å². The van der Waals surface area contributed by atoms with Gasteiger partial charge in [0, 0.05) is 25.3 Å². The Balaban J connectivity index is 1.93. The minimum absolute atomic E-state index is 0.619. The van der Waals surface area contributed by atoms with Gasteiger partial charge < -0.3 is 4.90 Å². The molecule has 0 N–H and O–H groups in total. The van der Waals surface area contributed by atoms with E-state index in [-0.39, 0.29) is 0 Å². The lowest BCUT2D eigenvalue weighted by Gasteiger charge is -2.34. The normalized spacial score (nSPS) is 20.0. The molecule has 0 atom stereocenters. The maximum Gasteiger partial charge on any atom is 0.0543 e. The van der Waals surface area contributed by atoms with Gasteiger partial charge in [-0.3, -0.25) is 4.68 Å². The summed E-state index contributed by atoms with van der Waals surface area (Å²) in [5.74, 6) is 0. The summed E-state index contributed by atoms with van der Waals surface area (Å²) < 4.78 is 2.15. The van der Waals surface area contributed by atoms with Gasteiger partial charge in [-0.1, -0.05) is 0 Å². The van der Waals surface area contributed by atoms with E-state index in [1.54, 1.807) is 0 Å². The van der Waals surface area contributed by atoms with E-state index in [2.05, 4.69) is 41.6 Å². The average molecular weight is 207 g/mol. The monoisotopic (exact) mass is 207 g/mol. The molecule has 1 aromatic heterocycles. The predicted molar refractivity (Wildman–Crippen MR) is 61.9 cm³/mol. The average Bonchev–Trinajstić information content (AvgIpc) is 2.65. The first kappa shape index (κ1) is 10.7. The van der Waals surface area contributed by atoms with Crippen LogP contribution in [-0.2, 0) is 0 Å². The minimum Gasteiger partial charge on any atom is -0.301 e. The molecule has 2 rings (SSSR count). The van der Waals surface area contributed by atoms with Crippen LogP contribution < -0.4 is 0 Å². The molecule has 0 radical (unpaired) electrons. The highest BCUT2D eigenvalue weighted by atomic mass is 15.3. The molecule has 3 nitrogen and oxygen atoms in total. The topological polar surface area (TPSA) is 21.1 Å². The van der Waals surface area contributed by atoms with Crippen LogP contribution in [0.4, 0.5) is 0 Å². The largest absolute Gasteiger partial charge is 0.301 e. The van der Waals surface area contributed by atoms with Crippen molar-refractivity contribution in [3.05, 3.63) is 18.0 Å². The summed E-state index contributed by atoms with van der Waals surface area (Å²) in [6, 6.07) is 1.30. The van der Waals surface area contributed by atoms with Crippen LogP contribution in [0.15, 0.2) is 12.4 Å². The molecular weight excluding hydrogens is 186 g/mol. The van der Waals surface area contributed by atoms with Crippen LogP contribution in [0, 0.1) is 6.92 Å². The summed E-state index contributed by atoms with van der Waals surface area (Å²) in [4.78, 5) is 2.55. The molecule has 1 fully saturated rings. The number of piperidine rings is 1. The van der Waals surface area contributed by atoms with Crippen molar-refractivity contribution in [2.75, 3.05) is 13.1 Å². The minimum atomic E-state index is 0.619. The summed E-state index contributed by atoms with van der Waals surface area (Å²) in [5, 5.41) is 4.41. The number of nitrogens with zero attached hydrogens (tertiary/aromatic N) is 3. The second-order valence-electron chi connectivity index (χ2n) is 4.86. The number of aromatic nitrogens is 2. The van der Waals surface area contributed by atoms with Crippen molar-refractivity contribution in [1.29, 1.82) is 0 Å². The van der Waals surface area contributed by atoms with Crippen LogP contribution in [0.2, 0.25) is 0 Å². The second-order valence-corrected chi connectivity index (χ2v) is 4.86. The fourth-order valence-electron chi connectivity index (χ4n) is 2.30. The zero-order valence-electron chi connectivity index (χ0n) is 9.98. The summed E-state index contributed by atoms with van der Waals surface area (Å²) >= 11 is 0. The molecule has 0 unspecified atom stereocenters. The summed E-state index contributed by atoms with van der Waals surface area (Å²) in [5.41, 5.74) is 1.27. The molecule has 0 aliphatic carbocycles. The van der Waals surface area contributed by atoms with Crippen molar-refractivity contribution in [3.8, 4) is 0 Å². The van der Waals surface area contributed by atoms with Gasteiger partial charge in [0.1, 0.15) is 0 Å². The number of aryl methyl sites for hydroxylation is 1. The first-order valence-corrected chi connectivity index (χ1v) is 5.91. The van der Waals surface area contributed by atoms with Crippen LogP contribution in [0.25, 0.3) is 0 Å². The van der Waals surface area contributed by atoms with E-state index in [1.165, 1.54) is 31.5 Å². The highest BCUT2D eigenvalue weighted by molar-refractivity contribution is 5.00. The smallest absolute Gasteiger partial charge is 0.0543 e. The van der Waals surface area contributed by atoms with Gasteiger partial charge in [-0.05, 0) is 39.2 Å². The first-order chi connectivity index (χ1) is 7.16. The lowest BCUT2D eigenvalue weighted by Crippen LogP contribution is -2.39. The zero-order chi connectivity index (χ0) is 10.8. The van der Waals surface area contributed by atoms with Crippen molar-refractivity contribution in [2.24, 2.45) is 0 Å². The van der Waals surface area contributed by atoms with Gasteiger partial charge >= 0.3 is 0 Å². The van der Waals surface area contributed by atoms with Crippen LogP contribution in [0.1, 0.15) is 38.3 Å². The first-order valence-electron chi connectivity index (χ1n) is 5.91.